The van der Waals surface area contributed by atoms with E-state index in [-0.39, 0.29) is 51.0 Å². The normalized spacial score (nSPS) is 17.2. The topological polar surface area (TPSA) is 142 Å². The average molecular weight is 481 g/mol. The molecule has 2 N–H and O–H groups in total. The summed E-state index contributed by atoms with van der Waals surface area (Å²) < 4.78 is 11.2. The van der Waals surface area contributed by atoms with E-state index in [2.05, 4.69) is 10.2 Å². The van der Waals surface area contributed by atoms with Crippen molar-refractivity contribution in [2.24, 2.45) is 10.2 Å². The molecule has 1 saturated heterocycles. The van der Waals surface area contributed by atoms with Crippen LogP contribution in [-0.4, -0.2) is 57.8 Å². The lowest BCUT2D eigenvalue weighted by Crippen LogP contribution is -2.28. The number of nitrogens with zero attached hydrogens (tertiary/aromatic N) is 3. The van der Waals surface area contributed by atoms with Crippen molar-refractivity contribution in [2.75, 3.05) is 14.2 Å². The van der Waals surface area contributed by atoms with E-state index >= 15 is 0 Å². The molecule has 0 saturated carbocycles. The van der Waals surface area contributed by atoms with Crippen molar-refractivity contribution in [1.82, 2.24) is 4.90 Å². The van der Waals surface area contributed by atoms with Gasteiger partial charge in [-0.15, -0.1) is 5.10 Å². The fourth-order valence-corrected chi connectivity index (χ4v) is 4.53. The summed E-state index contributed by atoms with van der Waals surface area (Å²) in [6.07, 6.45) is 0.852. The van der Waals surface area contributed by atoms with E-state index < -0.39 is 11.2 Å². The van der Waals surface area contributed by atoms with Crippen molar-refractivity contribution >= 4 is 46.0 Å². The number of fused-ring (bicyclic) bond motifs is 1. The fourth-order valence-electron chi connectivity index (χ4n) is 3.45. The van der Waals surface area contributed by atoms with Crippen molar-refractivity contribution in [3.8, 4) is 22.8 Å². The predicted octanol–water partition coefficient (Wildman–Crippen LogP) is 2.91. The number of benzene rings is 2. The number of amides is 1. The molecule has 10 nitrogen and oxygen atoms in total. The highest BCUT2D eigenvalue weighted by molar-refractivity contribution is 8.15. The molecule has 1 unspecified atom stereocenters. The lowest BCUT2D eigenvalue weighted by molar-refractivity contribution is -0.139. The second-order valence-corrected chi connectivity index (χ2v) is 8.46. The van der Waals surface area contributed by atoms with E-state index in [1.807, 2.05) is 18.2 Å². The van der Waals surface area contributed by atoms with Gasteiger partial charge in [-0.1, -0.05) is 42.1 Å². The van der Waals surface area contributed by atoms with Crippen LogP contribution < -0.4 is 10.2 Å². The van der Waals surface area contributed by atoms with Gasteiger partial charge in [-0.25, -0.2) is 0 Å². The molecule has 2 heterocycles. The number of hydrogen-bond donors (Lipinski definition) is 2. The number of aliphatic carboxylic acids is 1. The number of rotatable bonds is 6. The van der Waals surface area contributed by atoms with Crippen molar-refractivity contribution in [2.45, 2.75) is 11.7 Å². The largest absolute Gasteiger partial charge is 0.507 e. The number of carboxylic acid groups (broad SMARTS) is 1. The van der Waals surface area contributed by atoms with Crippen LogP contribution in [0.1, 0.15) is 12.0 Å². The van der Waals surface area contributed by atoms with E-state index in [0.717, 1.165) is 11.8 Å². The van der Waals surface area contributed by atoms with E-state index in [1.54, 1.807) is 12.1 Å². The van der Waals surface area contributed by atoms with E-state index in [1.165, 1.54) is 37.4 Å². The molecule has 0 radical (unpaired) electrons. The number of phenols is 1. The number of carbonyl (C=O) groups is 2. The molecule has 1 amide bonds. The van der Waals surface area contributed by atoms with E-state index in [4.69, 9.17) is 14.3 Å². The average Bonchev–Trinajstić information content (AvgIpc) is 3.07. The van der Waals surface area contributed by atoms with Crippen molar-refractivity contribution in [3.05, 3.63) is 58.3 Å². The number of ether oxygens (including phenoxy) is 1. The number of amidine groups is 1. The first-order chi connectivity index (χ1) is 16.3. The Labute approximate surface area is 197 Å². The fraction of sp³-hybridized carbons (Fsp3) is 0.174. The van der Waals surface area contributed by atoms with Gasteiger partial charge >= 0.3 is 5.97 Å². The Morgan fingerprint density at radius 1 is 1.26 bits per heavy atom. The highest BCUT2D eigenvalue weighted by atomic mass is 32.2. The summed E-state index contributed by atoms with van der Waals surface area (Å²) in [5.74, 6) is -1.34. The molecule has 2 aromatic carbocycles. The number of carbonyl (C=O) groups excluding carboxylic acids is 1. The number of methoxy groups -OCH3 is 1. The first-order valence-electron chi connectivity index (χ1n) is 10.0. The van der Waals surface area contributed by atoms with Crippen molar-refractivity contribution < 1.29 is 29.0 Å². The van der Waals surface area contributed by atoms with Crippen LogP contribution in [-0.2, 0) is 9.59 Å². The maximum Gasteiger partial charge on any atom is 0.305 e. The lowest BCUT2D eigenvalue weighted by Gasteiger charge is -2.11. The third kappa shape index (κ3) is 4.37. The minimum atomic E-state index is -1.09. The van der Waals surface area contributed by atoms with Crippen LogP contribution in [0.3, 0.4) is 0 Å². The minimum Gasteiger partial charge on any atom is -0.507 e. The van der Waals surface area contributed by atoms with Gasteiger partial charge in [0.05, 0.1) is 25.3 Å². The van der Waals surface area contributed by atoms with Crippen molar-refractivity contribution in [3.63, 3.8) is 0 Å². The summed E-state index contributed by atoms with van der Waals surface area (Å²) >= 11 is 0.982. The molecule has 1 fully saturated rings. The van der Waals surface area contributed by atoms with E-state index in [0.29, 0.717) is 11.3 Å². The Morgan fingerprint density at radius 2 is 2.00 bits per heavy atom. The molecule has 3 aromatic rings. The van der Waals surface area contributed by atoms with Crippen LogP contribution in [0.25, 0.3) is 22.3 Å². The second-order valence-electron chi connectivity index (χ2n) is 7.29. The molecule has 0 bridgehead atoms. The Balaban J connectivity index is 1.71. The van der Waals surface area contributed by atoms with Crippen molar-refractivity contribution in [1.29, 1.82) is 0 Å². The summed E-state index contributed by atoms with van der Waals surface area (Å²) in [6, 6.07) is 11.7. The minimum absolute atomic E-state index is 0.0552. The maximum atomic E-state index is 12.9. The monoisotopic (exact) mass is 481 g/mol. The number of thioether (sulfide) groups is 1. The van der Waals surface area contributed by atoms with Gasteiger partial charge < -0.3 is 19.4 Å². The van der Waals surface area contributed by atoms with Crippen LogP contribution in [0.2, 0.25) is 0 Å². The zero-order valence-electron chi connectivity index (χ0n) is 18.1. The number of aromatic hydroxyl groups is 1. The van der Waals surface area contributed by atoms with Gasteiger partial charge in [-0.3, -0.25) is 19.3 Å². The Kier molecular flexibility index (Phi) is 6.37. The second kappa shape index (κ2) is 9.40. The van der Waals surface area contributed by atoms with Crippen LogP contribution >= 0.6 is 11.8 Å². The number of phenolic OH excluding ortho intramolecular Hbond substituents is 1. The zero-order valence-corrected chi connectivity index (χ0v) is 18.9. The summed E-state index contributed by atoms with van der Waals surface area (Å²) in [5, 5.41) is 27.0. The van der Waals surface area contributed by atoms with Crippen LogP contribution in [0.15, 0.2) is 61.9 Å². The molecular formula is C23H19N3O7S. The summed E-state index contributed by atoms with van der Waals surface area (Å²) in [5.41, 5.74) is 0.567. The molecule has 1 aliphatic heterocycles. The molecule has 4 rings (SSSR count). The number of hydrogen-bond acceptors (Lipinski definition) is 9. The molecule has 0 spiro atoms. The molecule has 174 valence electrons. The Hall–Kier alpha value is -4.12. The molecule has 1 aromatic heterocycles. The van der Waals surface area contributed by atoms with E-state index in [9.17, 15) is 19.5 Å². The smallest absolute Gasteiger partial charge is 0.305 e. The van der Waals surface area contributed by atoms with Gasteiger partial charge in [0.25, 0.3) is 0 Å². The van der Waals surface area contributed by atoms with Crippen LogP contribution in [0.4, 0.5) is 0 Å². The van der Waals surface area contributed by atoms with Crippen LogP contribution in [0.5, 0.6) is 11.5 Å². The third-order valence-corrected chi connectivity index (χ3v) is 6.30. The highest BCUT2D eigenvalue weighted by Gasteiger charge is 2.37. The van der Waals surface area contributed by atoms with Gasteiger partial charge in [0.15, 0.2) is 10.6 Å². The Bertz CT molecular complexity index is 1400. The molecule has 1 atom stereocenters. The summed E-state index contributed by atoms with van der Waals surface area (Å²) in [6.45, 7) is 0. The molecule has 1 aliphatic rings. The van der Waals surface area contributed by atoms with Gasteiger partial charge in [-0.2, -0.15) is 5.10 Å². The predicted molar refractivity (Wildman–Crippen MR) is 128 cm³/mol. The van der Waals surface area contributed by atoms with Gasteiger partial charge in [-0.05, 0) is 0 Å². The maximum absolute atomic E-state index is 12.9. The molecule has 34 heavy (non-hydrogen) atoms. The van der Waals surface area contributed by atoms with Gasteiger partial charge in [0.1, 0.15) is 33.5 Å². The third-order valence-electron chi connectivity index (χ3n) is 5.08. The van der Waals surface area contributed by atoms with Crippen LogP contribution in [0, 0.1) is 0 Å². The zero-order chi connectivity index (χ0) is 24.4. The molecular weight excluding hydrogens is 462 g/mol. The van der Waals surface area contributed by atoms with Gasteiger partial charge in [0.2, 0.25) is 5.91 Å². The van der Waals surface area contributed by atoms with Gasteiger partial charge in [0, 0.05) is 24.7 Å². The lowest BCUT2D eigenvalue weighted by atomic mass is 10.1. The summed E-state index contributed by atoms with van der Waals surface area (Å²) in [7, 11) is 2.81. The summed E-state index contributed by atoms with van der Waals surface area (Å²) in [4.78, 5) is 37.2. The first-order valence-corrected chi connectivity index (χ1v) is 10.9. The molecule has 11 heteroatoms. The SMILES string of the molecule is COc1c(/C=N/N=C2\SC(CC(=O)O)C(=O)N2C)c(O)cc2oc(-c3ccccc3)cc(=O)c12. The highest BCUT2D eigenvalue weighted by Crippen LogP contribution is 2.35. The quantitative estimate of drug-likeness (QED) is 0.404. The standard InChI is InChI=1S/C23H19N3O7S/c1-26-22(31)18(10-19(29)30)34-23(26)25-24-11-13-14(27)8-17-20(21(13)32-2)15(28)9-16(33-17)12-6-4-3-5-7-12/h3-9,11,18,27H,10H2,1-2H3,(H,29,30)/b24-11+,25-23-. The molecule has 0 aliphatic carbocycles. The first kappa shape index (κ1) is 23.1. The number of carboxylic acids is 1. The Morgan fingerprint density at radius 3 is 2.68 bits per heavy atom.